The van der Waals surface area contributed by atoms with Gasteiger partial charge < -0.3 is 78.5 Å². The van der Waals surface area contributed by atoms with Gasteiger partial charge in [0.2, 0.25) is 0 Å². The average Bonchev–Trinajstić information content (AvgIpc) is 1.59. The number of aliphatic hydroxyl groups is 1. The van der Waals surface area contributed by atoms with Crippen LogP contribution in [0.15, 0.2) is 207 Å². The monoisotopic (exact) mass is 1680 g/mol. The molecule has 0 spiro atoms. The summed E-state index contributed by atoms with van der Waals surface area (Å²) in [4.78, 5) is 80.8. The van der Waals surface area contributed by atoms with Crippen molar-refractivity contribution in [2.45, 2.75) is 81.4 Å². The molecule has 4 unspecified atom stereocenters. The van der Waals surface area contributed by atoms with Crippen molar-refractivity contribution in [1.82, 2.24) is 40.0 Å². The number of likely N-dealkylation sites (tertiary alicyclic amines) is 3. The van der Waals surface area contributed by atoms with Gasteiger partial charge in [0.25, 0.3) is 17.7 Å². The first kappa shape index (κ1) is 88.4. The number of pyridine rings is 4. The fourth-order valence-electron chi connectivity index (χ4n) is 14.5. The number of carbonyl (C=O) groups excluding carboxylic acids is 4. The van der Waals surface area contributed by atoms with E-state index in [2.05, 4.69) is 43.5 Å². The van der Waals surface area contributed by atoms with E-state index in [1.807, 2.05) is 77.7 Å². The van der Waals surface area contributed by atoms with Gasteiger partial charge in [-0.2, -0.15) is 0 Å². The van der Waals surface area contributed by atoms with E-state index in [4.69, 9.17) is 94.7 Å². The second kappa shape index (κ2) is 44.4. The number of carboxylic acid groups (broad SMARTS) is 1. The smallest absolute Gasteiger partial charge is 0.488 e. The van der Waals surface area contributed by atoms with Crippen LogP contribution in [0.25, 0.3) is 0 Å². The van der Waals surface area contributed by atoms with Gasteiger partial charge >= 0.3 is 13.1 Å². The molecule has 0 bridgehead atoms. The van der Waals surface area contributed by atoms with Gasteiger partial charge in [0.1, 0.15) is 52.1 Å². The van der Waals surface area contributed by atoms with Crippen LogP contribution in [-0.4, -0.2) is 190 Å². The maximum absolute atomic E-state index is 12.8. The molecule has 4 atom stereocenters. The molecule has 6 aliphatic heterocycles. The number of aliphatic hydroxyl groups excluding tert-OH is 1. The molecular formula is C88H91BCl4N8O17. The van der Waals surface area contributed by atoms with Crippen LogP contribution in [0.2, 0.25) is 20.1 Å². The highest BCUT2D eigenvalue weighted by Crippen LogP contribution is 2.41. The number of aromatic nitrogens is 4. The van der Waals surface area contributed by atoms with Crippen LogP contribution in [0.5, 0.6) is 28.7 Å². The Morgan fingerprint density at radius 3 is 1.30 bits per heavy atom. The van der Waals surface area contributed by atoms with E-state index in [-0.39, 0.29) is 76.2 Å². The maximum atomic E-state index is 12.8. The normalized spacial score (nSPS) is 17.6. The number of carboxylic acids is 1. The van der Waals surface area contributed by atoms with Crippen LogP contribution < -0.4 is 25.0 Å². The number of ether oxygens (including phenoxy) is 7. The molecule has 6 aromatic carbocycles. The Balaban J connectivity index is 0.000000144. The topological polar surface area (TPSA) is 324 Å². The number of halogens is 4. The van der Waals surface area contributed by atoms with E-state index in [0.717, 1.165) is 115 Å². The van der Waals surface area contributed by atoms with Crippen molar-refractivity contribution in [1.29, 1.82) is 0 Å². The summed E-state index contributed by atoms with van der Waals surface area (Å²) in [5, 5.41) is 49.6. The van der Waals surface area contributed by atoms with E-state index in [9.17, 15) is 34.2 Å². The Labute approximate surface area is 704 Å². The molecule has 6 aliphatic rings. The van der Waals surface area contributed by atoms with Gasteiger partial charge in [-0.15, -0.1) is 0 Å². The number of phenols is 1. The molecule has 4 aromatic heterocycles. The predicted molar refractivity (Wildman–Crippen MR) is 447 cm³/mol. The number of para-hydroxylation sites is 1. The maximum Gasteiger partial charge on any atom is 0.488 e. The highest BCUT2D eigenvalue weighted by molar-refractivity contribution is 6.58. The van der Waals surface area contributed by atoms with Crippen molar-refractivity contribution in [3.63, 3.8) is 0 Å². The summed E-state index contributed by atoms with van der Waals surface area (Å²) < 4.78 is 39.8. The molecule has 10 heterocycles. The van der Waals surface area contributed by atoms with E-state index in [1.165, 1.54) is 36.5 Å². The first-order chi connectivity index (χ1) is 57.3. The highest BCUT2D eigenvalue weighted by Gasteiger charge is 2.36. The number of phenolic OH excluding ortho intramolecular Hbond substituents is 1. The first-order valence-corrected chi connectivity index (χ1v) is 40.1. The zero-order valence-corrected chi connectivity index (χ0v) is 68.0. The van der Waals surface area contributed by atoms with Crippen molar-refractivity contribution in [3.8, 4) is 28.7 Å². The van der Waals surface area contributed by atoms with E-state index in [1.54, 1.807) is 115 Å². The summed E-state index contributed by atoms with van der Waals surface area (Å²) in [7, 11) is 2.00. The third-order valence-corrected chi connectivity index (χ3v) is 21.6. The Kier molecular flexibility index (Phi) is 33.3. The second-order valence-corrected chi connectivity index (χ2v) is 29.7. The van der Waals surface area contributed by atoms with E-state index < -0.39 is 19.4 Å². The SMILES string of the molecule is COc1ccc(C2CCN(C(=O)c3ncccc3Cl)C2)c(C2OCCCO2)c1.COc1ccc(C2CCNC2)c(C2OCCCO2)c1.O=C(O)c1ncccc1Cl.O=C(c1ncccc1Cl)N1CCC(c2ccc(Oc3ccccc3)cc2CO)C1.O=Cc1cc(O)ccc1C1CCN(C(=O)c2ncccc2Cl)C1.OB(O)c1ccccc1. The fourth-order valence-corrected chi connectivity index (χ4v) is 15.3. The summed E-state index contributed by atoms with van der Waals surface area (Å²) in [5.74, 6) is 2.46. The lowest BCUT2D eigenvalue weighted by atomic mass is 9.81. The molecule has 0 saturated carbocycles. The summed E-state index contributed by atoms with van der Waals surface area (Å²) in [5.41, 5.74) is 8.99. The molecule has 6 fully saturated rings. The number of aldehydes is 1. The van der Waals surface area contributed by atoms with Crippen LogP contribution in [0.4, 0.5) is 0 Å². The van der Waals surface area contributed by atoms with E-state index >= 15 is 0 Å². The molecule has 25 nitrogen and oxygen atoms in total. The van der Waals surface area contributed by atoms with Crippen molar-refractivity contribution in [2.75, 3.05) is 93.0 Å². The largest absolute Gasteiger partial charge is 0.508 e. The van der Waals surface area contributed by atoms with Gasteiger partial charge in [-0.25, -0.2) is 24.7 Å². The van der Waals surface area contributed by atoms with Crippen LogP contribution in [0.1, 0.15) is 166 Å². The molecule has 0 aliphatic carbocycles. The third kappa shape index (κ3) is 23.9. The van der Waals surface area contributed by atoms with Gasteiger partial charge in [-0.05, 0) is 193 Å². The average molecular weight is 1690 g/mol. The molecule has 6 N–H and O–H groups in total. The molecule has 0 radical (unpaired) electrons. The minimum atomic E-state index is -1.34. The number of carbonyl (C=O) groups is 5. The number of nitrogens with zero attached hydrogens (tertiary/aromatic N) is 7. The lowest BCUT2D eigenvalue weighted by Crippen LogP contribution is -2.29. The Morgan fingerprint density at radius 2 is 0.898 bits per heavy atom. The number of aromatic hydroxyl groups is 1. The van der Waals surface area contributed by atoms with Gasteiger partial charge in [0.15, 0.2) is 18.3 Å². The summed E-state index contributed by atoms with van der Waals surface area (Å²) in [6, 6.07) is 54.1. The number of rotatable bonds is 17. The minimum absolute atomic E-state index is 0.0575. The van der Waals surface area contributed by atoms with Crippen molar-refractivity contribution < 1.29 is 82.5 Å². The number of aromatic carboxylic acids is 1. The lowest BCUT2D eigenvalue weighted by molar-refractivity contribution is -0.183. The molecular weight excluding hydrogens is 1590 g/mol. The second-order valence-electron chi connectivity index (χ2n) is 28.0. The molecule has 118 heavy (non-hydrogen) atoms. The van der Waals surface area contributed by atoms with Gasteiger partial charge in [0, 0.05) is 105 Å². The number of benzene rings is 6. The minimum Gasteiger partial charge on any atom is -0.508 e. The van der Waals surface area contributed by atoms with Gasteiger partial charge in [-0.1, -0.05) is 119 Å². The number of hydrogen-bond donors (Lipinski definition) is 6. The first-order valence-electron chi connectivity index (χ1n) is 38.5. The molecule has 16 rings (SSSR count). The highest BCUT2D eigenvalue weighted by atomic mass is 35.5. The molecule has 3 amide bonds. The van der Waals surface area contributed by atoms with Crippen LogP contribution in [-0.2, 0) is 25.6 Å². The zero-order valence-electron chi connectivity index (χ0n) is 65.0. The number of nitrogens with one attached hydrogen (secondary N) is 1. The molecule has 616 valence electrons. The van der Waals surface area contributed by atoms with Gasteiger partial charge in [0.05, 0.1) is 67.3 Å². The van der Waals surface area contributed by atoms with Crippen LogP contribution in [0, 0.1) is 0 Å². The van der Waals surface area contributed by atoms with Crippen molar-refractivity contribution in [2.24, 2.45) is 0 Å². The van der Waals surface area contributed by atoms with Crippen LogP contribution in [0.3, 0.4) is 0 Å². The zero-order chi connectivity index (χ0) is 83.5. The lowest BCUT2D eigenvalue weighted by Gasteiger charge is -2.27. The number of hydrogen-bond acceptors (Lipinski definition) is 21. The Morgan fingerprint density at radius 1 is 0.483 bits per heavy atom. The summed E-state index contributed by atoms with van der Waals surface area (Å²) in [6.07, 6.45) is 11.7. The summed E-state index contributed by atoms with van der Waals surface area (Å²) >= 11 is 23.8. The predicted octanol–water partition coefficient (Wildman–Crippen LogP) is 14.3. The van der Waals surface area contributed by atoms with Crippen LogP contribution >= 0.6 is 46.4 Å². The fraction of sp³-hybridized carbons (Fsp3) is 0.307. The quantitative estimate of drug-likeness (QED) is 0.0364. The molecule has 30 heteroatoms. The summed E-state index contributed by atoms with van der Waals surface area (Å²) in [6.45, 7) is 8.46. The molecule has 6 saturated heterocycles. The van der Waals surface area contributed by atoms with Gasteiger partial charge in [-0.3, -0.25) is 19.2 Å². The standard InChI is InChI=1S/C23H21ClN2O3.C21H23ClN2O4.C17H15ClN2O3.C15H21NO3.C6H7BO2.C6H4ClNO2/c24-21-7-4-11-25-22(21)23(28)26-12-10-16(14-26)20-9-8-19(13-17(20)15-27)29-18-5-2-1-3-6-18;1-26-15-5-6-16(17(12-15)21-27-10-3-11-28-21)14-7-9-24(13-14)20(25)19-18(22)4-2-8-23-19;18-15-2-1-6-19-16(15)17(23)20-7-5-11(9-20)14-4-3-13(22)8-12(14)10-21;1-17-12-3-4-13(11-5-6-16-10-11)14(9-12)15-18-7-2-8-19-15;8-7(9)6-4-2-1-3-5-6;7-4-2-1-3-8-5(4)6(9)10/h1-9,11,13,16,27H,10,12,14-15H2;2,4-6,8,12,14,21H,3,7,9-11,13H2,1H3;1-4,6,8,10-11,22H,5,7,9H2;3-4,9,11,15-16H,2,5-8,10H2,1H3;1-5,8-9H;1-3H,(H,9,10). The van der Waals surface area contributed by atoms with Crippen molar-refractivity contribution >= 4 is 89.0 Å². The van der Waals surface area contributed by atoms with Crippen molar-refractivity contribution in [3.05, 3.63) is 294 Å². The third-order valence-electron chi connectivity index (χ3n) is 20.4. The molecule has 10 aromatic rings. The number of amides is 3. The Bertz CT molecular complexity index is 4990. The van der Waals surface area contributed by atoms with E-state index in [0.29, 0.717) is 95.9 Å². The number of methoxy groups -OCH3 is 2. The Hall–Kier alpha value is -10.4.